The molecule has 0 aromatic heterocycles. The molecule has 0 radical (unpaired) electrons. The molecule has 1 aromatic carbocycles. The number of nitrogens with zero attached hydrogens (tertiary/aromatic N) is 1. The van der Waals surface area contributed by atoms with Gasteiger partial charge < -0.3 is 19.1 Å². The van der Waals surface area contributed by atoms with E-state index in [2.05, 4.69) is 0 Å². The minimum atomic E-state index is -0.491. The third-order valence-corrected chi connectivity index (χ3v) is 4.67. The fraction of sp³-hybridized carbons (Fsp3) is 0.562. The lowest BCUT2D eigenvalue weighted by molar-refractivity contribution is -0.282. The molecule has 2 fully saturated rings. The number of amides is 1. The summed E-state index contributed by atoms with van der Waals surface area (Å²) in [5.74, 6) is -0.103. The second kappa shape index (κ2) is 7.26. The highest BCUT2D eigenvalue weighted by Crippen LogP contribution is 2.31. The molecule has 0 unspecified atom stereocenters. The van der Waals surface area contributed by atoms with Crippen LogP contribution in [0.3, 0.4) is 0 Å². The SMILES string of the molecule is O=C(COc1ccc(Cl)cc1Cl)N1CCC2(CC1)OCCCO2. The molecule has 0 bridgehead atoms. The Balaban J connectivity index is 1.49. The maximum atomic E-state index is 12.3. The van der Waals surface area contributed by atoms with Crippen molar-refractivity contribution < 1.29 is 19.0 Å². The number of rotatable bonds is 3. The topological polar surface area (TPSA) is 48.0 Å². The van der Waals surface area contributed by atoms with Gasteiger partial charge in [-0.05, 0) is 24.6 Å². The van der Waals surface area contributed by atoms with E-state index in [1.807, 2.05) is 0 Å². The van der Waals surface area contributed by atoms with Gasteiger partial charge in [-0.25, -0.2) is 0 Å². The van der Waals surface area contributed by atoms with Crippen molar-refractivity contribution in [2.24, 2.45) is 0 Å². The molecule has 23 heavy (non-hydrogen) atoms. The molecule has 0 aliphatic carbocycles. The number of halogens is 2. The van der Waals surface area contributed by atoms with Crippen molar-refractivity contribution in [2.75, 3.05) is 32.9 Å². The van der Waals surface area contributed by atoms with Crippen molar-refractivity contribution in [1.82, 2.24) is 4.90 Å². The number of carbonyl (C=O) groups is 1. The quantitative estimate of drug-likeness (QED) is 0.831. The van der Waals surface area contributed by atoms with E-state index < -0.39 is 5.79 Å². The van der Waals surface area contributed by atoms with Gasteiger partial charge in [-0.3, -0.25) is 4.79 Å². The summed E-state index contributed by atoms with van der Waals surface area (Å²) in [6, 6.07) is 4.92. The molecule has 1 aromatic rings. The van der Waals surface area contributed by atoms with Gasteiger partial charge in [0.15, 0.2) is 12.4 Å². The van der Waals surface area contributed by atoms with Crippen molar-refractivity contribution in [3.05, 3.63) is 28.2 Å². The van der Waals surface area contributed by atoms with Gasteiger partial charge in [0.05, 0.1) is 18.2 Å². The standard InChI is InChI=1S/C16H19Cl2NO4/c17-12-2-3-14(13(18)10-12)21-11-15(20)19-6-4-16(5-7-19)22-8-1-9-23-16/h2-3,10H,1,4-9,11H2. The molecule has 0 saturated carbocycles. The van der Waals surface area contributed by atoms with Crippen LogP contribution in [0.15, 0.2) is 18.2 Å². The number of ether oxygens (including phenoxy) is 3. The number of benzene rings is 1. The molecule has 2 heterocycles. The van der Waals surface area contributed by atoms with Gasteiger partial charge in [0.25, 0.3) is 5.91 Å². The summed E-state index contributed by atoms with van der Waals surface area (Å²) >= 11 is 11.9. The largest absolute Gasteiger partial charge is 0.482 e. The van der Waals surface area contributed by atoms with Crippen molar-refractivity contribution in [3.8, 4) is 5.75 Å². The first-order valence-corrected chi connectivity index (χ1v) is 8.47. The molecular weight excluding hydrogens is 341 g/mol. The van der Waals surface area contributed by atoms with E-state index in [1.54, 1.807) is 23.1 Å². The van der Waals surface area contributed by atoms with Crippen LogP contribution in [-0.2, 0) is 14.3 Å². The van der Waals surface area contributed by atoms with Crippen LogP contribution in [0.4, 0.5) is 0 Å². The van der Waals surface area contributed by atoms with Crippen LogP contribution < -0.4 is 4.74 Å². The summed E-state index contributed by atoms with van der Waals surface area (Å²) < 4.78 is 17.0. The monoisotopic (exact) mass is 359 g/mol. The van der Waals surface area contributed by atoms with Crippen LogP contribution in [0.5, 0.6) is 5.75 Å². The Morgan fingerprint density at radius 1 is 1.22 bits per heavy atom. The van der Waals surface area contributed by atoms with E-state index in [4.69, 9.17) is 37.4 Å². The van der Waals surface area contributed by atoms with E-state index in [0.717, 1.165) is 19.6 Å². The average molecular weight is 360 g/mol. The first-order valence-electron chi connectivity index (χ1n) is 7.72. The summed E-state index contributed by atoms with van der Waals surface area (Å²) in [5, 5.41) is 0.925. The van der Waals surface area contributed by atoms with Crippen molar-refractivity contribution in [2.45, 2.75) is 25.0 Å². The van der Waals surface area contributed by atoms with Crippen LogP contribution in [0.2, 0.25) is 10.0 Å². The Hall–Kier alpha value is -1.01. The van der Waals surface area contributed by atoms with Crippen LogP contribution in [0.1, 0.15) is 19.3 Å². The molecule has 0 atom stereocenters. The number of hydrogen-bond donors (Lipinski definition) is 0. The summed E-state index contributed by atoms with van der Waals surface area (Å²) in [7, 11) is 0. The molecule has 126 valence electrons. The summed E-state index contributed by atoms with van der Waals surface area (Å²) in [5.41, 5.74) is 0. The molecular formula is C16H19Cl2NO4. The number of piperidine rings is 1. The molecule has 1 amide bonds. The molecule has 0 N–H and O–H groups in total. The Morgan fingerprint density at radius 3 is 2.57 bits per heavy atom. The Labute approximate surface area is 145 Å². The highest BCUT2D eigenvalue weighted by Gasteiger charge is 2.39. The summed E-state index contributed by atoms with van der Waals surface area (Å²) in [6.07, 6.45) is 2.32. The maximum absolute atomic E-state index is 12.3. The lowest BCUT2D eigenvalue weighted by Gasteiger charge is -2.43. The van der Waals surface area contributed by atoms with Gasteiger partial charge in [-0.2, -0.15) is 0 Å². The van der Waals surface area contributed by atoms with Gasteiger partial charge in [0, 0.05) is 31.0 Å². The molecule has 5 nitrogen and oxygen atoms in total. The molecule has 2 saturated heterocycles. The first kappa shape index (κ1) is 16.8. The summed E-state index contributed by atoms with van der Waals surface area (Å²) in [4.78, 5) is 14.0. The van der Waals surface area contributed by atoms with Gasteiger partial charge >= 0.3 is 0 Å². The van der Waals surface area contributed by atoms with Crippen molar-refractivity contribution in [3.63, 3.8) is 0 Å². The zero-order valence-electron chi connectivity index (χ0n) is 12.7. The van der Waals surface area contributed by atoms with E-state index >= 15 is 0 Å². The van der Waals surface area contributed by atoms with Crippen LogP contribution in [-0.4, -0.2) is 49.5 Å². The Bertz CT molecular complexity index is 565. The lowest BCUT2D eigenvalue weighted by atomic mass is 10.0. The lowest BCUT2D eigenvalue weighted by Crippen LogP contribution is -2.52. The van der Waals surface area contributed by atoms with Crippen LogP contribution in [0, 0.1) is 0 Å². The maximum Gasteiger partial charge on any atom is 0.260 e. The first-order chi connectivity index (χ1) is 11.1. The fourth-order valence-electron chi connectivity index (χ4n) is 2.83. The molecule has 3 rings (SSSR count). The number of carbonyl (C=O) groups excluding carboxylic acids is 1. The fourth-order valence-corrected chi connectivity index (χ4v) is 3.29. The van der Waals surface area contributed by atoms with E-state index in [-0.39, 0.29) is 12.5 Å². The third kappa shape index (κ3) is 4.10. The van der Waals surface area contributed by atoms with Gasteiger partial charge in [0.1, 0.15) is 5.75 Å². The number of likely N-dealkylation sites (tertiary alicyclic amines) is 1. The smallest absolute Gasteiger partial charge is 0.260 e. The Kier molecular flexibility index (Phi) is 5.31. The zero-order valence-corrected chi connectivity index (χ0v) is 14.2. The van der Waals surface area contributed by atoms with Crippen molar-refractivity contribution >= 4 is 29.1 Å². The van der Waals surface area contributed by atoms with Gasteiger partial charge in [-0.1, -0.05) is 23.2 Å². The third-order valence-electron chi connectivity index (χ3n) is 4.14. The molecule has 2 aliphatic rings. The second-order valence-corrected chi connectivity index (χ2v) is 6.55. The zero-order chi connectivity index (χ0) is 16.3. The van der Waals surface area contributed by atoms with E-state index in [1.165, 1.54) is 0 Å². The molecule has 2 aliphatic heterocycles. The molecule has 7 heteroatoms. The van der Waals surface area contributed by atoms with E-state index in [0.29, 0.717) is 41.7 Å². The van der Waals surface area contributed by atoms with Crippen LogP contribution in [0.25, 0.3) is 0 Å². The van der Waals surface area contributed by atoms with Gasteiger partial charge in [-0.15, -0.1) is 0 Å². The van der Waals surface area contributed by atoms with E-state index in [9.17, 15) is 4.79 Å². The van der Waals surface area contributed by atoms with Gasteiger partial charge in [0.2, 0.25) is 0 Å². The normalized spacial score (nSPS) is 20.5. The predicted molar refractivity (Wildman–Crippen MR) is 87.0 cm³/mol. The Morgan fingerprint density at radius 2 is 1.91 bits per heavy atom. The molecule has 1 spiro atoms. The predicted octanol–water partition coefficient (Wildman–Crippen LogP) is 3.13. The highest BCUT2D eigenvalue weighted by atomic mass is 35.5. The van der Waals surface area contributed by atoms with Crippen LogP contribution >= 0.6 is 23.2 Å². The highest BCUT2D eigenvalue weighted by molar-refractivity contribution is 6.35. The minimum Gasteiger partial charge on any atom is -0.482 e. The van der Waals surface area contributed by atoms with Crippen molar-refractivity contribution in [1.29, 1.82) is 0 Å². The minimum absolute atomic E-state index is 0.0456. The second-order valence-electron chi connectivity index (χ2n) is 5.71. The number of hydrogen-bond acceptors (Lipinski definition) is 4. The summed E-state index contributed by atoms with van der Waals surface area (Å²) in [6.45, 7) is 2.63. The average Bonchev–Trinajstić information content (AvgIpc) is 2.55.